The monoisotopic (exact) mass is 898 g/mol. The number of nitrogen functional groups attached to an aromatic ring is 1. The lowest BCUT2D eigenvalue weighted by Crippen LogP contribution is -2.04. The van der Waals surface area contributed by atoms with E-state index in [1.807, 2.05) is 68.7 Å². The molecule has 14 nitrogen and oxygen atoms in total. The van der Waals surface area contributed by atoms with E-state index in [-0.39, 0.29) is 5.28 Å². The maximum Gasteiger partial charge on any atom is 0.230 e. The van der Waals surface area contributed by atoms with Gasteiger partial charge in [0, 0.05) is 60.5 Å². The molecule has 8 rings (SSSR count). The summed E-state index contributed by atoms with van der Waals surface area (Å²) in [6, 6.07) is 35.0. The summed E-state index contributed by atoms with van der Waals surface area (Å²) in [6.07, 6.45) is 9.52. The molecule has 4 aromatic heterocycles. The van der Waals surface area contributed by atoms with E-state index in [4.69, 9.17) is 43.4 Å². The van der Waals surface area contributed by atoms with Crippen LogP contribution in [0.3, 0.4) is 0 Å². The molecule has 0 bridgehead atoms. The highest BCUT2D eigenvalue weighted by molar-refractivity contribution is 6.29. The van der Waals surface area contributed by atoms with Crippen LogP contribution in [0.25, 0.3) is 56.2 Å². The molecular weight excluding hydrogens is 856 g/mol. The van der Waals surface area contributed by atoms with E-state index in [1.54, 1.807) is 30.3 Å². The highest BCUT2D eigenvalue weighted by atomic mass is 35.5. The molecule has 8 aromatic rings. The zero-order valence-corrected chi connectivity index (χ0v) is 38.2. The number of rotatable bonds is 8. The van der Waals surface area contributed by atoms with Crippen LogP contribution in [0.5, 0.6) is 0 Å². The first kappa shape index (κ1) is 47.3. The van der Waals surface area contributed by atoms with Crippen molar-refractivity contribution in [3.63, 3.8) is 0 Å². The topological polar surface area (TPSA) is 235 Å². The van der Waals surface area contributed by atoms with Gasteiger partial charge < -0.3 is 21.7 Å². The zero-order valence-electron chi connectivity index (χ0n) is 37.5. The Hall–Kier alpha value is -9.21. The molecule has 0 fully saturated rings. The summed E-state index contributed by atoms with van der Waals surface area (Å²) in [5.74, 6) is 2.80. The highest BCUT2D eigenvalue weighted by Gasteiger charge is 2.17. The second-order valence-corrected chi connectivity index (χ2v) is 15.2. The van der Waals surface area contributed by atoms with Gasteiger partial charge in [-0.05, 0) is 132 Å². The number of benzene rings is 4. The molecule has 0 unspecified atom stereocenters. The Balaban J connectivity index is 0.000000191. The second kappa shape index (κ2) is 21.9. The molecule has 0 atom stereocenters. The minimum absolute atomic E-state index is 0.216. The van der Waals surface area contributed by atoms with E-state index in [9.17, 15) is 0 Å². The number of hydrogen-bond acceptors (Lipinski definition) is 14. The summed E-state index contributed by atoms with van der Waals surface area (Å²) < 4.78 is 0. The Bertz CT molecular complexity index is 3310. The van der Waals surface area contributed by atoms with Gasteiger partial charge in [-0.1, -0.05) is 48.5 Å². The van der Waals surface area contributed by atoms with Crippen molar-refractivity contribution >= 4 is 74.8 Å². The van der Waals surface area contributed by atoms with Gasteiger partial charge in [0.2, 0.25) is 11.2 Å². The van der Waals surface area contributed by atoms with E-state index in [2.05, 4.69) is 105 Å². The van der Waals surface area contributed by atoms with E-state index < -0.39 is 0 Å². The average molecular weight is 899 g/mol. The van der Waals surface area contributed by atoms with Crippen LogP contribution < -0.4 is 21.7 Å². The maximum absolute atomic E-state index is 8.99. The number of fused-ring (bicyclic) bond motifs is 2. The average Bonchev–Trinajstić information content (AvgIpc) is 3.33. The number of para-hydroxylation sites is 2. The van der Waals surface area contributed by atoms with Gasteiger partial charge in [0.25, 0.3) is 0 Å². The molecule has 0 amide bonds. The summed E-state index contributed by atoms with van der Waals surface area (Å²) in [4.78, 5) is 26.1. The van der Waals surface area contributed by atoms with Crippen molar-refractivity contribution in [2.45, 2.75) is 27.7 Å². The van der Waals surface area contributed by atoms with Gasteiger partial charge in [-0.25, -0.2) is 24.9 Å². The molecule has 0 aliphatic rings. The lowest BCUT2D eigenvalue weighted by molar-refractivity contribution is 1.18. The fraction of sp³-hybridized carbons (Fsp3) is 0.115. The molecule has 0 aliphatic heterocycles. The number of nitrogens with one attached hydrogen (secondary N) is 3. The third-order valence-electron chi connectivity index (χ3n) is 10.3. The predicted octanol–water partition coefficient (Wildman–Crippen LogP) is 11.2. The number of pyridine rings is 2. The summed E-state index contributed by atoms with van der Waals surface area (Å²) in [5, 5.41) is 46.3. The predicted molar refractivity (Wildman–Crippen MR) is 268 cm³/mol. The van der Waals surface area contributed by atoms with Crippen LogP contribution in [0.15, 0.2) is 109 Å². The van der Waals surface area contributed by atoms with Gasteiger partial charge in [-0.3, -0.25) is 0 Å². The minimum atomic E-state index is 0.216. The van der Waals surface area contributed by atoms with Crippen molar-refractivity contribution in [3.05, 3.63) is 159 Å². The molecule has 4 heterocycles. The third-order valence-corrected chi connectivity index (χ3v) is 10.5. The van der Waals surface area contributed by atoms with Crippen molar-refractivity contribution in [2.24, 2.45) is 0 Å². The number of allylic oxidation sites excluding steroid dienone is 2. The van der Waals surface area contributed by atoms with E-state index in [0.29, 0.717) is 40.3 Å². The number of nitrogens with zero attached hydrogens (tertiary/aromatic N) is 10. The molecule has 0 saturated heterocycles. The molecule has 0 radical (unpaired) electrons. The first-order valence-corrected chi connectivity index (χ1v) is 21.0. The Kier molecular flexibility index (Phi) is 15.5. The number of aromatic nitrogens is 6. The van der Waals surface area contributed by atoms with E-state index in [1.165, 1.54) is 24.5 Å². The molecular formula is C52H43ClN14. The normalized spacial score (nSPS) is 10.5. The van der Waals surface area contributed by atoms with Crippen LogP contribution in [-0.4, -0.2) is 44.0 Å². The fourth-order valence-corrected chi connectivity index (χ4v) is 7.71. The lowest BCUT2D eigenvalue weighted by atomic mass is 9.92. The SMILES string of the molecule is CNc1nc(Cl)nc2c(-c3c(C)cc(/C=C/C#N)cc3C)cccc12.CNc1nc(Nc2ccc(C#N)cn2)nc2c(-c3c(C)cc(/C=C/C#N)cc3C)cccc12.N#Cc1ccc(N)nc1. The van der Waals surface area contributed by atoms with Crippen molar-refractivity contribution in [2.75, 3.05) is 35.8 Å². The molecule has 5 N–H and O–H groups in total. The molecule has 0 aliphatic carbocycles. The van der Waals surface area contributed by atoms with Crippen LogP contribution >= 0.6 is 11.6 Å². The van der Waals surface area contributed by atoms with Gasteiger partial charge in [0.15, 0.2) is 0 Å². The largest absolute Gasteiger partial charge is 0.384 e. The van der Waals surface area contributed by atoms with Crippen LogP contribution in [-0.2, 0) is 0 Å². The molecule has 328 valence electrons. The number of anilines is 5. The highest BCUT2D eigenvalue weighted by Crippen LogP contribution is 2.37. The molecule has 0 spiro atoms. The summed E-state index contributed by atoms with van der Waals surface area (Å²) in [5.41, 5.74) is 18.5. The van der Waals surface area contributed by atoms with Gasteiger partial charge in [0.05, 0.1) is 34.3 Å². The Labute approximate surface area is 393 Å². The third kappa shape index (κ3) is 11.3. The Morgan fingerprint density at radius 1 is 0.582 bits per heavy atom. The molecule has 67 heavy (non-hydrogen) atoms. The summed E-state index contributed by atoms with van der Waals surface area (Å²) >= 11 is 6.12. The van der Waals surface area contributed by atoms with Gasteiger partial charge in [-0.2, -0.15) is 26.0 Å². The van der Waals surface area contributed by atoms with Crippen molar-refractivity contribution in [1.82, 2.24) is 29.9 Å². The van der Waals surface area contributed by atoms with Crippen molar-refractivity contribution in [1.29, 1.82) is 21.0 Å². The summed E-state index contributed by atoms with van der Waals surface area (Å²) in [6.45, 7) is 8.25. The maximum atomic E-state index is 8.99. The minimum Gasteiger partial charge on any atom is -0.384 e. The van der Waals surface area contributed by atoms with E-state index in [0.717, 1.165) is 77.4 Å². The van der Waals surface area contributed by atoms with Crippen LogP contribution in [0, 0.1) is 73.0 Å². The quantitative estimate of drug-likeness (QED) is 0.0820. The standard InChI is InChI=1S/C26H21N7.C20H17ClN4.C6H5N3/c1-16-12-18(6-5-11-27)13-17(2)23(16)20-7-4-8-21-24(20)32-26(33-25(21)29-3)31-22-10-9-19(14-28)15-30-22;1-12-10-14(6-5-9-22)11-13(2)17(12)15-7-4-8-16-18(15)24-20(21)25-19(16)23-3;7-3-5-1-2-6(8)9-4-5/h4-10,12-13,15H,1-3H3,(H2,29,30,31,32,33);4-8,10-11H,1-3H3,(H,23,24,25);1-2,4H,(H2,8,9)/b2*6-5+;. The van der Waals surface area contributed by atoms with Crippen molar-refractivity contribution < 1.29 is 0 Å². The first-order chi connectivity index (χ1) is 32.4. The van der Waals surface area contributed by atoms with Crippen LogP contribution in [0.1, 0.15) is 44.5 Å². The number of halogens is 1. The molecule has 15 heteroatoms. The fourth-order valence-electron chi connectivity index (χ4n) is 7.54. The number of hydrogen-bond donors (Lipinski definition) is 4. The lowest BCUT2D eigenvalue weighted by Gasteiger charge is -2.16. The Morgan fingerprint density at radius 3 is 1.49 bits per heavy atom. The second-order valence-electron chi connectivity index (χ2n) is 14.9. The zero-order chi connectivity index (χ0) is 48.0. The Morgan fingerprint density at radius 2 is 1.06 bits per heavy atom. The van der Waals surface area contributed by atoms with Crippen LogP contribution in [0.2, 0.25) is 5.28 Å². The van der Waals surface area contributed by atoms with Crippen molar-refractivity contribution in [3.8, 4) is 46.5 Å². The first-order valence-electron chi connectivity index (χ1n) is 20.6. The molecule has 0 saturated carbocycles. The van der Waals surface area contributed by atoms with E-state index >= 15 is 0 Å². The number of aryl methyl sites for hydroxylation is 4. The number of nitriles is 4. The number of nitrogens with two attached hydrogens (primary N) is 1. The van der Waals surface area contributed by atoms with Crippen LogP contribution in [0.4, 0.5) is 29.2 Å². The molecule has 4 aromatic carbocycles. The van der Waals surface area contributed by atoms with Gasteiger partial charge in [-0.15, -0.1) is 0 Å². The summed E-state index contributed by atoms with van der Waals surface area (Å²) in [7, 11) is 3.64. The van der Waals surface area contributed by atoms with Gasteiger partial charge in [0.1, 0.15) is 35.4 Å². The van der Waals surface area contributed by atoms with Gasteiger partial charge >= 0.3 is 0 Å². The smallest absolute Gasteiger partial charge is 0.230 e.